The Morgan fingerprint density at radius 1 is 1.67 bits per heavy atom. The summed E-state index contributed by atoms with van der Waals surface area (Å²) in [4.78, 5) is 3.91. The van der Waals surface area contributed by atoms with Crippen molar-refractivity contribution in [3.05, 3.63) is 24.8 Å². The number of nitrogens with zero attached hydrogens (tertiary/aromatic N) is 2. The average Bonchev–Trinajstić information content (AvgIpc) is 2.37. The van der Waals surface area contributed by atoms with Crippen LogP contribution in [0, 0.1) is 0 Å². The van der Waals surface area contributed by atoms with E-state index in [1.165, 1.54) is 5.70 Å². The Kier molecular flexibility index (Phi) is 1.68. The summed E-state index contributed by atoms with van der Waals surface area (Å²) in [7, 11) is 0. The van der Waals surface area contributed by atoms with Gasteiger partial charge in [0.1, 0.15) is 0 Å². The van der Waals surface area contributed by atoms with Crippen LogP contribution in [-0.4, -0.2) is 9.55 Å². The summed E-state index contributed by atoms with van der Waals surface area (Å²) in [6, 6.07) is 0. The van der Waals surface area contributed by atoms with Crippen LogP contribution in [0.5, 0.6) is 0 Å². The molecule has 1 aromatic rings. The molecule has 0 saturated carbocycles. The molecule has 0 bridgehead atoms. The van der Waals surface area contributed by atoms with Gasteiger partial charge in [-0.15, -0.1) is 0 Å². The third-order valence-corrected chi connectivity index (χ3v) is 1.33. The van der Waals surface area contributed by atoms with Crippen LogP contribution in [0.1, 0.15) is 13.8 Å². The fourth-order valence-corrected chi connectivity index (χ4v) is 0.617. The van der Waals surface area contributed by atoms with Gasteiger partial charge < -0.3 is 4.57 Å². The average molecular weight is 122 g/mol. The number of aromatic nitrogens is 2. The lowest BCUT2D eigenvalue weighted by Gasteiger charge is -1.96. The molecule has 1 aromatic heterocycles. The normalized spacial score (nSPS) is 12.0. The molecule has 0 radical (unpaired) electrons. The molecule has 0 aromatic carbocycles. The molecule has 0 unspecified atom stereocenters. The maximum absolute atomic E-state index is 3.91. The zero-order valence-corrected chi connectivity index (χ0v) is 5.70. The van der Waals surface area contributed by atoms with E-state index in [0.29, 0.717) is 0 Å². The van der Waals surface area contributed by atoms with E-state index in [9.17, 15) is 0 Å². The molecule has 0 atom stereocenters. The van der Waals surface area contributed by atoms with Gasteiger partial charge in [0.15, 0.2) is 0 Å². The lowest BCUT2D eigenvalue weighted by Crippen LogP contribution is -1.86. The fraction of sp³-hybridized carbons (Fsp3) is 0.286. The molecule has 1 rings (SSSR count). The van der Waals surface area contributed by atoms with Gasteiger partial charge in [-0.05, 0) is 13.8 Å². The first-order chi connectivity index (χ1) is 4.34. The highest BCUT2D eigenvalue weighted by Crippen LogP contribution is 1.99. The van der Waals surface area contributed by atoms with Gasteiger partial charge in [-0.2, -0.15) is 0 Å². The van der Waals surface area contributed by atoms with Gasteiger partial charge in [0.2, 0.25) is 0 Å². The predicted octanol–water partition coefficient (Wildman–Crippen LogP) is 1.76. The molecule has 0 amide bonds. The highest BCUT2D eigenvalue weighted by Gasteiger charge is 1.86. The Labute approximate surface area is 54.8 Å². The summed E-state index contributed by atoms with van der Waals surface area (Å²) >= 11 is 0. The van der Waals surface area contributed by atoms with Crippen LogP contribution < -0.4 is 0 Å². The summed E-state index contributed by atoms with van der Waals surface area (Å²) in [5.41, 5.74) is 1.20. The maximum atomic E-state index is 3.91. The van der Waals surface area contributed by atoms with Crippen molar-refractivity contribution in [3.63, 3.8) is 0 Å². The second-order valence-electron chi connectivity index (χ2n) is 1.90. The van der Waals surface area contributed by atoms with Gasteiger partial charge in [-0.1, -0.05) is 6.08 Å². The van der Waals surface area contributed by atoms with Crippen LogP contribution in [0.15, 0.2) is 24.8 Å². The third kappa shape index (κ3) is 1.19. The van der Waals surface area contributed by atoms with E-state index in [2.05, 4.69) is 4.98 Å². The van der Waals surface area contributed by atoms with Crippen molar-refractivity contribution in [3.8, 4) is 0 Å². The first-order valence-electron chi connectivity index (χ1n) is 2.96. The fourth-order valence-electron chi connectivity index (χ4n) is 0.617. The Hall–Kier alpha value is -1.05. The number of imidazole rings is 1. The molecule has 0 aliphatic rings. The lowest BCUT2D eigenvalue weighted by molar-refractivity contribution is 1.07. The molecule has 0 aliphatic heterocycles. The van der Waals surface area contributed by atoms with Crippen LogP contribution in [-0.2, 0) is 0 Å². The quantitative estimate of drug-likeness (QED) is 0.555. The Morgan fingerprint density at radius 3 is 2.89 bits per heavy atom. The molecule has 9 heavy (non-hydrogen) atoms. The summed E-state index contributed by atoms with van der Waals surface area (Å²) in [5.74, 6) is 0. The second-order valence-corrected chi connectivity index (χ2v) is 1.90. The molecular formula is C7H10N2. The van der Waals surface area contributed by atoms with E-state index in [1.54, 1.807) is 12.5 Å². The molecular weight excluding hydrogens is 112 g/mol. The van der Waals surface area contributed by atoms with E-state index >= 15 is 0 Å². The molecule has 0 aliphatic carbocycles. The van der Waals surface area contributed by atoms with Crippen LogP contribution in [0.3, 0.4) is 0 Å². The van der Waals surface area contributed by atoms with Crippen LogP contribution >= 0.6 is 0 Å². The molecule has 0 N–H and O–H groups in total. The zero-order chi connectivity index (χ0) is 6.69. The van der Waals surface area contributed by atoms with E-state index < -0.39 is 0 Å². The summed E-state index contributed by atoms with van der Waals surface area (Å²) in [5, 5.41) is 0. The lowest BCUT2D eigenvalue weighted by atomic mass is 10.4. The molecule has 0 fully saturated rings. The Balaban J connectivity index is 2.90. The van der Waals surface area contributed by atoms with Crippen molar-refractivity contribution in [2.75, 3.05) is 0 Å². The first-order valence-corrected chi connectivity index (χ1v) is 2.96. The van der Waals surface area contributed by atoms with Gasteiger partial charge in [0.05, 0.1) is 6.33 Å². The topological polar surface area (TPSA) is 17.8 Å². The van der Waals surface area contributed by atoms with E-state index in [0.717, 1.165) is 0 Å². The monoisotopic (exact) mass is 122 g/mol. The van der Waals surface area contributed by atoms with Gasteiger partial charge in [0.25, 0.3) is 0 Å². The Morgan fingerprint density at radius 2 is 2.44 bits per heavy atom. The molecule has 2 heteroatoms. The van der Waals surface area contributed by atoms with Crippen molar-refractivity contribution in [2.45, 2.75) is 13.8 Å². The van der Waals surface area contributed by atoms with Crippen molar-refractivity contribution < 1.29 is 0 Å². The molecule has 0 saturated heterocycles. The van der Waals surface area contributed by atoms with Crippen molar-refractivity contribution in [1.82, 2.24) is 9.55 Å². The number of hydrogen-bond donors (Lipinski definition) is 0. The van der Waals surface area contributed by atoms with Crippen LogP contribution in [0.25, 0.3) is 5.70 Å². The minimum Gasteiger partial charge on any atom is -0.311 e. The van der Waals surface area contributed by atoms with Gasteiger partial charge in [-0.3, -0.25) is 0 Å². The van der Waals surface area contributed by atoms with E-state index in [1.807, 2.05) is 30.7 Å². The van der Waals surface area contributed by atoms with Gasteiger partial charge in [0, 0.05) is 18.1 Å². The zero-order valence-electron chi connectivity index (χ0n) is 5.70. The second kappa shape index (κ2) is 2.49. The standard InChI is InChI=1S/C7H10N2/c1-3-7(2)9-5-4-8-6-9/h3-6H,1-2H3/b7-3-. The SMILES string of the molecule is C/C=C(/C)n1ccnc1. The van der Waals surface area contributed by atoms with Crippen LogP contribution in [0.4, 0.5) is 0 Å². The minimum absolute atomic E-state index is 1.20. The third-order valence-electron chi connectivity index (χ3n) is 1.33. The molecule has 1 heterocycles. The molecule has 48 valence electrons. The predicted molar refractivity (Wildman–Crippen MR) is 37.8 cm³/mol. The van der Waals surface area contributed by atoms with Crippen molar-refractivity contribution >= 4 is 5.70 Å². The van der Waals surface area contributed by atoms with Gasteiger partial charge >= 0.3 is 0 Å². The van der Waals surface area contributed by atoms with Gasteiger partial charge in [-0.25, -0.2) is 4.98 Å². The van der Waals surface area contributed by atoms with Crippen LogP contribution in [0.2, 0.25) is 0 Å². The smallest absolute Gasteiger partial charge is 0.0988 e. The number of rotatable bonds is 1. The Bertz CT molecular complexity index is 197. The van der Waals surface area contributed by atoms with Crippen molar-refractivity contribution in [1.29, 1.82) is 0 Å². The van der Waals surface area contributed by atoms with E-state index in [-0.39, 0.29) is 0 Å². The summed E-state index contributed by atoms with van der Waals surface area (Å²) in [6.45, 7) is 4.05. The number of hydrogen-bond acceptors (Lipinski definition) is 1. The highest BCUT2D eigenvalue weighted by molar-refractivity contribution is 5.40. The highest BCUT2D eigenvalue weighted by atomic mass is 15.0. The number of allylic oxidation sites excluding steroid dienone is 2. The molecule has 0 spiro atoms. The first kappa shape index (κ1) is 6.08. The maximum Gasteiger partial charge on any atom is 0.0988 e. The largest absolute Gasteiger partial charge is 0.311 e. The minimum atomic E-state index is 1.20. The molecule has 2 nitrogen and oxygen atoms in total. The summed E-state index contributed by atoms with van der Waals surface area (Å²) in [6.07, 6.45) is 7.53. The van der Waals surface area contributed by atoms with E-state index in [4.69, 9.17) is 0 Å². The summed E-state index contributed by atoms with van der Waals surface area (Å²) < 4.78 is 1.97. The van der Waals surface area contributed by atoms with Crippen molar-refractivity contribution in [2.24, 2.45) is 0 Å².